The first-order valence-corrected chi connectivity index (χ1v) is 8.42. The summed E-state index contributed by atoms with van der Waals surface area (Å²) >= 11 is 0. The second-order valence-electron chi connectivity index (χ2n) is 6.45. The highest BCUT2D eigenvalue weighted by atomic mass is 16.3. The summed E-state index contributed by atoms with van der Waals surface area (Å²) in [4.78, 5) is 0. The van der Waals surface area contributed by atoms with Gasteiger partial charge in [-0.3, -0.25) is 0 Å². The van der Waals surface area contributed by atoms with E-state index in [9.17, 15) is 0 Å². The van der Waals surface area contributed by atoms with Crippen molar-refractivity contribution in [2.24, 2.45) is 11.8 Å². The van der Waals surface area contributed by atoms with Crippen LogP contribution in [0.2, 0.25) is 0 Å². The first-order chi connectivity index (χ1) is 9.35. The molecule has 1 aliphatic heterocycles. The molecule has 0 spiro atoms. The third kappa shape index (κ3) is 4.44. The van der Waals surface area contributed by atoms with E-state index in [0.29, 0.717) is 18.6 Å². The zero-order valence-corrected chi connectivity index (χ0v) is 12.5. The minimum Gasteiger partial charge on any atom is -0.396 e. The molecule has 3 heteroatoms. The normalized spacial score (nSPS) is 33.5. The quantitative estimate of drug-likeness (QED) is 0.664. The van der Waals surface area contributed by atoms with Gasteiger partial charge < -0.3 is 15.7 Å². The van der Waals surface area contributed by atoms with E-state index in [-0.39, 0.29) is 0 Å². The predicted molar refractivity (Wildman–Crippen MR) is 80.3 cm³/mol. The van der Waals surface area contributed by atoms with Crippen molar-refractivity contribution in [3.05, 3.63) is 0 Å². The molecule has 4 atom stereocenters. The highest BCUT2D eigenvalue weighted by Crippen LogP contribution is 2.30. The Hall–Kier alpha value is -0.120. The Balaban J connectivity index is 1.81. The van der Waals surface area contributed by atoms with E-state index in [1.54, 1.807) is 0 Å². The third-order valence-corrected chi connectivity index (χ3v) is 5.22. The van der Waals surface area contributed by atoms with E-state index in [4.69, 9.17) is 5.11 Å². The van der Waals surface area contributed by atoms with Gasteiger partial charge in [-0.25, -0.2) is 0 Å². The van der Waals surface area contributed by atoms with Gasteiger partial charge in [0.15, 0.2) is 0 Å². The molecule has 2 fully saturated rings. The first kappa shape index (κ1) is 15.3. The average Bonchev–Trinajstić information content (AvgIpc) is 2.98. The standard InChI is InChI=1S/C16H32N2O/c1-2-13(9-11-19)12-18-16-7-4-3-6-14(16)15-8-5-10-17-15/h13-19H,2-12H2,1H3. The Morgan fingerprint density at radius 1 is 1.21 bits per heavy atom. The molecule has 1 heterocycles. The number of aliphatic hydroxyl groups is 1. The van der Waals surface area contributed by atoms with Gasteiger partial charge in [-0.2, -0.15) is 0 Å². The summed E-state index contributed by atoms with van der Waals surface area (Å²) in [5.74, 6) is 1.48. The van der Waals surface area contributed by atoms with Crippen molar-refractivity contribution in [1.29, 1.82) is 0 Å². The number of aliphatic hydroxyl groups excluding tert-OH is 1. The summed E-state index contributed by atoms with van der Waals surface area (Å²) in [5, 5.41) is 16.6. The topological polar surface area (TPSA) is 44.3 Å². The maximum atomic E-state index is 9.09. The number of rotatable bonds is 7. The van der Waals surface area contributed by atoms with Gasteiger partial charge in [0.2, 0.25) is 0 Å². The molecule has 0 amide bonds. The molecular weight excluding hydrogens is 236 g/mol. The molecule has 3 N–H and O–H groups in total. The largest absolute Gasteiger partial charge is 0.396 e. The van der Waals surface area contributed by atoms with Crippen LogP contribution in [-0.2, 0) is 0 Å². The van der Waals surface area contributed by atoms with Crippen LogP contribution in [0.4, 0.5) is 0 Å². The molecule has 4 unspecified atom stereocenters. The van der Waals surface area contributed by atoms with E-state index in [0.717, 1.165) is 24.9 Å². The van der Waals surface area contributed by atoms with Crippen molar-refractivity contribution < 1.29 is 5.11 Å². The molecule has 1 saturated heterocycles. The van der Waals surface area contributed by atoms with Gasteiger partial charge in [0.05, 0.1) is 0 Å². The van der Waals surface area contributed by atoms with Gasteiger partial charge >= 0.3 is 0 Å². The molecule has 0 radical (unpaired) electrons. The Labute approximate surface area is 118 Å². The fourth-order valence-electron chi connectivity index (χ4n) is 3.92. The van der Waals surface area contributed by atoms with Crippen LogP contribution < -0.4 is 10.6 Å². The first-order valence-electron chi connectivity index (χ1n) is 8.42. The van der Waals surface area contributed by atoms with Crippen LogP contribution in [0.25, 0.3) is 0 Å². The summed E-state index contributed by atoms with van der Waals surface area (Å²) in [6.07, 6.45) is 10.4. The van der Waals surface area contributed by atoms with Gasteiger partial charge in [0, 0.05) is 18.7 Å². The second-order valence-corrected chi connectivity index (χ2v) is 6.45. The van der Waals surface area contributed by atoms with Crippen LogP contribution >= 0.6 is 0 Å². The molecule has 112 valence electrons. The summed E-state index contributed by atoms with van der Waals surface area (Å²) in [6, 6.07) is 1.47. The van der Waals surface area contributed by atoms with Crippen molar-refractivity contribution in [2.75, 3.05) is 19.7 Å². The maximum absolute atomic E-state index is 9.09. The van der Waals surface area contributed by atoms with E-state index in [1.807, 2.05) is 0 Å². The van der Waals surface area contributed by atoms with Crippen molar-refractivity contribution in [3.8, 4) is 0 Å². The summed E-state index contributed by atoms with van der Waals surface area (Å²) in [6.45, 7) is 4.87. The lowest BCUT2D eigenvalue weighted by Gasteiger charge is -2.37. The van der Waals surface area contributed by atoms with Crippen LogP contribution in [0, 0.1) is 11.8 Å². The van der Waals surface area contributed by atoms with Crippen molar-refractivity contribution in [3.63, 3.8) is 0 Å². The Bertz CT molecular complexity index is 241. The fraction of sp³-hybridized carbons (Fsp3) is 1.00. The molecule has 0 aromatic heterocycles. The molecule has 2 aliphatic rings. The van der Waals surface area contributed by atoms with Gasteiger partial charge in [-0.05, 0) is 57.0 Å². The molecule has 0 aromatic rings. The smallest absolute Gasteiger partial charge is 0.0434 e. The number of nitrogens with one attached hydrogen (secondary N) is 2. The minimum atomic E-state index is 0.332. The Morgan fingerprint density at radius 2 is 2.05 bits per heavy atom. The predicted octanol–water partition coefficient (Wildman–Crippen LogP) is 2.30. The van der Waals surface area contributed by atoms with E-state index >= 15 is 0 Å². The molecule has 3 nitrogen and oxygen atoms in total. The van der Waals surface area contributed by atoms with E-state index in [2.05, 4.69) is 17.6 Å². The van der Waals surface area contributed by atoms with E-state index < -0.39 is 0 Å². The summed E-state index contributed by atoms with van der Waals surface area (Å²) < 4.78 is 0. The monoisotopic (exact) mass is 268 g/mol. The minimum absolute atomic E-state index is 0.332. The van der Waals surface area contributed by atoms with Crippen molar-refractivity contribution >= 4 is 0 Å². The van der Waals surface area contributed by atoms with Crippen molar-refractivity contribution in [1.82, 2.24) is 10.6 Å². The molecule has 1 saturated carbocycles. The summed E-state index contributed by atoms with van der Waals surface area (Å²) in [7, 11) is 0. The SMILES string of the molecule is CCC(CCO)CNC1CCCCC1C1CCCN1. The third-order valence-electron chi connectivity index (χ3n) is 5.22. The molecule has 0 aromatic carbocycles. The van der Waals surface area contributed by atoms with Crippen LogP contribution in [0.15, 0.2) is 0 Å². The molecule has 19 heavy (non-hydrogen) atoms. The Kier molecular flexibility index (Phi) is 6.62. The maximum Gasteiger partial charge on any atom is 0.0434 e. The lowest BCUT2D eigenvalue weighted by Crippen LogP contribution is -2.48. The van der Waals surface area contributed by atoms with E-state index in [1.165, 1.54) is 51.5 Å². The zero-order chi connectivity index (χ0) is 13.5. The molecule has 1 aliphatic carbocycles. The van der Waals surface area contributed by atoms with Gasteiger partial charge in [-0.1, -0.05) is 26.2 Å². The van der Waals surface area contributed by atoms with Crippen LogP contribution in [0.1, 0.15) is 58.3 Å². The number of hydrogen-bond acceptors (Lipinski definition) is 3. The zero-order valence-electron chi connectivity index (χ0n) is 12.5. The number of hydrogen-bond donors (Lipinski definition) is 3. The molecule has 2 rings (SSSR count). The van der Waals surface area contributed by atoms with Crippen LogP contribution in [-0.4, -0.2) is 36.9 Å². The highest BCUT2D eigenvalue weighted by Gasteiger charge is 2.33. The lowest BCUT2D eigenvalue weighted by molar-refractivity contribution is 0.197. The average molecular weight is 268 g/mol. The molecular formula is C16H32N2O. The van der Waals surface area contributed by atoms with Gasteiger partial charge in [-0.15, -0.1) is 0 Å². The molecule has 0 bridgehead atoms. The highest BCUT2D eigenvalue weighted by molar-refractivity contribution is 4.91. The van der Waals surface area contributed by atoms with Gasteiger partial charge in [0.1, 0.15) is 0 Å². The second kappa shape index (κ2) is 8.23. The van der Waals surface area contributed by atoms with Crippen LogP contribution in [0.5, 0.6) is 0 Å². The van der Waals surface area contributed by atoms with Crippen LogP contribution in [0.3, 0.4) is 0 Å². The summed E-state index contributed by atoms with van der Waals surface area (Å²) in [5.41, 5.74) is 0. The fourth-order valence-corrected chi connectivity index (χ4v) is 3.92. The van der Waals surface area contributed by atoms with Gasteiger partial charge in [0.25, 0.3) is 0 Å². The van der Waals surface area contributed by atoms with Crippen molar-refractivity contribution in [2.45, 2.75) is 70.4 Å². The lowest BCUT2D eigenvalue weighted by atomic mass is 9.79. The Morgan fingerprint density at radius 3 is 2.74 bits per heavy atom.